The van der Waals surface area contributed by atoms with Gasteiger partial charge in [-0.15, -0.1) is 0 Å². The molecule has 2 saturated carbocycles. The van der Waals surface area contributed by atoms with Crippen molar-refractivity contribution in [3.63, 3.8) is 0 Å². The van der Waals surface area contributed by atoms with Crippen LogP contribution >= 0.6 is 0 Å². The highest BCUT2D eigenvalue weighted by molar-refractivity contribution is 5.68. The maximum absolute atomic E-state index is 12.0. The maximum Gasteiger partial charge on any atom is 0.407 e. The summed E-state index contributed by atoms with van der Waals surface area (Å²) in [5.41, 5.74) is -0.467. The minimum Gasteiger partial charge on any atom is -0.444 e. The molecule has 0 radical (unpaired) electrons. The molecule has 0 bridgehead atoms. The van der Waals surface area contributed by atoms with Gasteiger partial charge in [0, 0.05) is 31.8 Å². The standard InChI is InChI=1S/C17H32N2O4/c1-6-22-14-10-13(15(14)21-5)18-11-8-7-9-12(11)19-16(20)23-17(2,3)4/h11-15,18H,6-10H2,1-5H3,(H,19,20). The van der Waals surface area contributed by atoms with Crippen molar-refractivity contribution in [1.82, 2.24) is 10.6 Å². The van der Waals surface area contributed by atoms with E-state index in [2.05, 4.69) is 10.6 Å². The number of amides is 1. The normalized spacial score (nSPS) is 34.0. The van der Waals surface area contributed by atoms with E-state index < -0.39 is 5.60 Å². The van der Waals surface area contributed by atoms with Gasteiger partial charge in [0.05, 0.1) is 12.2 Å². The van der Waals surface area contributed by atoms with Gasteiger partial charge in [-0.3, -0.25) is 0 Å². The molecule has 0 aromatic heterocycles. The number of carbonyl (C=O) groups excluding carboxylic acids is 1. The van der Waals surface area contributed by atoms with Gasteiger partial charge in [-0.1, -0.05) is 0 Å². The molecule has 0 aliphatic heterocycles. The number of nitrogens with one attached hydrogen (secondary N) is 2. The molecule has 6 heteroatoms. The van der Waals surface area contributed by atoms with Gasteiger partial charge in [0.1, 0.15) is 5.60 Å². The fourth-order valence-electron chi connectivity index (χ4n) is 3.50. The fourth-order valence-corrected chi connectivity index (χ4v) is 3.50. The summed E-state index contributed by atoms with van der Waals surface area (Å²) >= 11 is 0. The van der Waals surface area contributed by atoms with Crippen molar-refractivity contribution in [2.75, 3.05) is 13.7 Å². The molecule has 0 saturated heterocycles. The summed E-state index contributed by atoms with van der Waals surface area (Å²) in [5, 5.41) is 6.66. The predicted octanol–water partition coefficient (Wildman–Crippen LogP) is 2.21. The Kier molecular flexibility index (Phi) is 6.28. The highest BCUT2D eigenvalue weighted by Crippen LogP contribution is 2.30. The van der Waals surface area contributed by atoms with E-state index >= 15 is 0 Å². The van der Waals surface area contributed by atoms with E-state index in [0.29, 0.717) is 12.6 Å². The Morgan fingerprint density at radius 3 is 2.48 bits per heavy atom. The zero-order chi connectivity index (χ0) is 17.0. The number of alkyl carbamates (subject to hydrolysis) is 1. The minimum absolute atomic E-state index is 0.0951. The second kappa shape index (κ2) is 7.81. The van der Waals surface area contributed by atoms with Crippen LogP contribution in [0.15, 0.2) is 0 Å². The average molecular weight is 328 g/mol. The monoisotopic (exact) mass is 328 g/mol. The fraction of sp³-hybridized carbons (Fsp3) is 0.941. The SMILES string of the molecule is CCOC1CC(NC2CCCC2NC(=O)OC(C)(C)C)C1OC. The first-order chi connectivity index (χ1) is 10.8. The van der Waals surface area contributed by atoms with E-state index in [0.717, 1.165) is 25.7 Å². The molecular formula is C17H32N2O4. The van der Waals surface area contributed by atoms with E-state index in [1.807, 2.05) is 27.7 Å². The molecule has 134 valence electrons. The van der Waals surface area contributed by atoms with Crippen LogP contribution in [0.3, 0.4) is 0 Å². The first-order valence-corrected chi connectivity index (χ1v) is 8.74. The summed E-state index contributed by atoms with van der Waals surface area (Å²) in [7, 11) is 1.73. The summed E-state index contributed by atoms with van der Waals surface area (Å²) in [6, 6.07) is 0.684. The molecule has 5 unspecified atom stereocenters. The summed E-state index contributed by atoms with van der Waals surface area (Å²) in [6.07, 6.45) is 4.06. The number of hydrogen-bond acceptors (Lipinski definition) is 5. The molecule has 6 nitrogen and oxygen atoms in total. The third kappa shape index (κ3) is 5.06. The summed E-state index contributed by atoms with van der Waals surface area (Å²) in [5.74, 6) is 0. The lowest BCUT2D eigenvalue weighted by Crippen LogP contribution is -2.63. The van der Waals surface area contributed by atoms with Crippen molar-refractivity contribution >= 4 is 6.09 Å². The van der Waals surface area contributed by atoms with Crippen molar-refractivity contribution in [2.24, 2.45) is 0 Å². The average Bonchev–Trinajstić information content (AvgIpc) is 2.82. The number of hydrogen-bond donors (Lipinski definition) is 2. The van der Waals surface area contributed by atoms with Crippen molar-refractivity contribution in [1.29, 1.82) is 0 Å². The molecule has 23 heavy (non-hydrogen) atoms. The lowest BCUT2D eigenvalue weighted by atomic mass is 9.84. The topological polar surface area (TPSA) is 68.8 Å². The molecule has 2 aliphatic carbocycles. The van der Waals surface area contributed by atoms with Crippen LogP contribution in [0.1, 0.15) is 53.4 Å². The number of methoxy groups -OCH3 is 1. The lowest BCUT2D eigenvalue weighted by molar-refractivity contribution is -0.133. The Morgan fingerprint density at radius 2 is 1.87 bits per heavy atom. The lowest BCUT2D eigenvalue weighted by Gasteiger charge is -2.45. The van der Waals surface area contributed by atoms with Crippen molar-refractivity contribution < 1.29 is 19.0 Å². The van der Waals surface area contributed by atoms with E-state index in [-0.39, 0.29) is 30.4 Å². The summed E-state index contributed by atoms with van der Waals surface area (Å²) < 4.78 is 16.6. The van der Waals surface area contributed by atoms with Crippen LogP contribution in [0.25, 0.3) is 0 Å². The molecule has 0 aromatic carbocycles. The molecule has 2 N–H and O–H groups in total. The van der Waals surface area contributed by atoms with Crippen LogP contribution in [0.2, 0.25) is 0 Å². The number of carbonyl (C=O) groups is 1. The third-order valence-corrected chi connectivity index (χ3v) is 4.55. The van der Waals surface area contributed by atoms with Crippen molar-refractivity contribution in [2.45, 2.75) is 89.3 Å². The molecule has 0 aromatic rings. The molecule has 0 heterocycles. The molecule has 0 spiro atoms. The summed E-state index contributed by atoms with van der Waals surface area (Å²) in [6.45, 7) is 8.35. The molecule has 2 rings (SSSR count). The highest BCUT2D eigenvalue weighted by atomic mass is 16.6. The van der Waals surface area contributed by atoms with Crippen LogP contribution in [0.4, 0.5) is 4.79 Å². The van der Waals surface area contributed by atoms with E-state index in [4.69, 9.17) is 14.2 Å². The maximum atomic E-state index is 12.0. The molecular weight excluding hydrogens is 296 g/mol. The van der Waals surface area contributed by atoms with Crippen LogP contribution < -0.4 is 10.6 Å². The Labute approximate surface area is 139 Å². The van der Waals surface area contributed by atoms with Gasteiger partial charge in [0.25, 0.3) is 0 Å². The largest absolute Gasteiger partial charge is 0.444 e. The Bertz CT molecular complexity index is 397. The second-order valence-electron chi connectivity index (χ2n) is 7.49. The quantitative estimate of drug-likeness (QED) is 0.782. The highest BCUT2D eigenvalue weighted by Gasteiger charge is 2.44. The van der Waals surface area contributed by atoms with Crippen LogP contribution in [-0.2, 0) is 14.2 Å². The first kappa shape index (κ1) is 18.5. The third-order valence-electron chi connectivity index (χ3n) is 4.55. The van der Waals surface area contributed by atoms with Crippen molar-refractivity contribution in [3.05, 3.63) is 0 Å². The zero-order valence-electron chi connectivity index (χ0n) is 15.1. The molecule has 1 amide bonds. The van der Waals surface area contributed by atoms with Crippen molar-refractivity contribution in [3.8, 4) is 0 Å². The molecule has 5 atom stereocenters. The van der Waals surface area contributed by atoms with Crippen LogP contribution in [-0.4, -0.2) is 55.7 Å². The van der Waals surface area contributed by atoms with Gasteiger partial charge in [-0.2, -0.15) is 0 Å². The van der Waals surface area contributed by atoms with Gasteiger partial charge in [0.15, 0.2) is 0 Å². The summed E-state index contributed by atoms with van der Waals surface area (Å²) in [4.78, 5) is 12.0. The van der Waals surface area contributed by atoms with Gasteiger partial charge in [-0.05, 0) is 53.4 Å². The first-order valence-electron chi connectivity index (χ1n) is 8.74. The van der Waals surface area contributed by atoms with Gasteiger partial charge < -0.3 is 24.8 Å². The van der Waals surface area contributed by atoms with E-state index in [9.17, 15) is 4.79 Å². The zero-order valence-corrected chi connectivity index (χ0v) is 15.1. The Balaban J connectivity index is 1.82. The van der Waals surface area contributed by atoms with Gasteiger partial charge >= 0.3 is 6.09 Å². The Hall–Kier alpha value is -0.850. The minimum atomic E-state index is -0.467. The number of rotatable bonds is 6. The number of ether oxygens (including phenoxy) is 3. The molecule has 2 fully saturated rings. The van der Waals surface area contributed by atoms with Crippen LogP contribution in [0, 0.1) is 0 Å². The van der Waals surface area contributed by atoms with Gasteiger partial charge in [0.2, 0.25) is 0 Å². The predicted molar refractivity (Wildman–Crippen MR) is 88.5 cm³/mol. The Morgan fingerprint density at radius 1 is 1.17 bits per heavy atom. The smallest absolute Gasteiger partial charge is 0.407 e. The second-order valence-corrected chi connectivity index (χ2v) is 7.49. The van der Waals surface area contributed by atoms with Gasteiger partial charge in [-0.25, -0.2) is 4.79 Å². The van der Waals surface area contributed by atoms with Crippen LogP contribution in [0.5, 0.6) is 0 Å². The van der Waals surface area contributed by atoms with E-state index in [1.165, 1.54) is 0 Å². The molecule has 2 aliphatic rings. The van der Waals surface area contributed by atoms with E-state index in [1.54, 1.807) is 7.11 Å².